The van der Waals surface area contributed by atoms with Crippen molar-refractivity contribution >= 4 is 34.0 Å². The lowest BCUT2D eigenvalue weighted by Gasteiger charge is -2.08. The molecule has 128 valence electrons. The fourth-order valence-corrected chi connectivity index (χ4v) is 2.55. The number of amides is 1. The van der Waals surface area contributed by atoms with E-state index in [4.69, 9.17) is 14.7 Å². The Labute approximate surface area is 147 Å². The Morgan fingerprint density at radius 3 is 2.76 bits per heavy atom. The normalized spacial score (nSPS) is 9.76. The van der Waals surface area contributed by atoms with Gasteiger partial charge < -0.3 is 14.8 Å². The van der Waals surface area contributed by atoms with Gasteiger partial charge in [0.25, 0.3) is 5.91 Å². The van der Waals surface area contributed by atoms with Crippen LogP contribution in [-0.2, 0) is 14.3 Å². The molecule has 1 amide bonds. The van der Waals surface area contributed by atoms with Crippen LogP contribution in [0.15, 0.2) is 35.7 Å². The highest BCUT2D eigenvalue weighted by Crippen LogP contribution is 2.21. The molecule has 0 bridgehead atoms. The Balaban J connectivity index is 1.77. The van der Waals surface area contributed by atoms with Crippen molar-refractivity contribution < 1.29 is 23.9 Å². The molecule has 1 N–H and O–H groups in total. The molecule has 1 heterocycles. The lowest BCUT2D eigenvalue weighted by molar-refractivity contribution is -0.149. The molecule has 0 spiro atoms. The van der Waals surface area contributed by atoms with Crippen LogP contribution >= 0.6 is 11.3 Å². The number of hydrogen-bond acceptors (Lipinski definition) is 7. The van der Waals surface area contributed by atoms with E-state index in [0.717, 1.165) is 0 Å². The van der Waals surface area contributed by atoms with E-state index in [1.807, 2.05) is 6.07 Å². The van der Waals surface area contributed by atoms with Gasteiger partial charge in [-0.3, -0.25) is 9.59 Å². The van der Waals surface area contributed by atoms with Gasteiger partial charge in [0.2, 0.25) is 0 Å². The molecule has 8 heteroatoms. The molecule has 0 aliphatic heterocycles. The Kier molecular flexibility index (Phi) is 6.26. The Morgan fingerprint density at radius 2 is 2.04 bits per heavy atom. The number of carbonyl (C=O) groups excluding carboxylic acids is 3. The molecule has 0 aliphatic carbocycles. The topological polar surface area (TPSA) is 105 Å². The van der Waals surface area contributed by atoms with Gasteiger partial charge in [-0.05, 0) is 30.5 Å². The number of nitriles is 1. The maximum Gasteiger partial charge on any atom is 0.344 e. The molecule has 2 rings (SSSR count). The van der Waals surface area contributed by atoms with Crippen LogP contribution < -0.4 is 10.1 Å². The molecular formula is C17H14N2O5S. The van der Waals surface area contributed by atoms with Crippen molar-refractivity contribution in [1.29, 1.82) is 5.26 Å². The zero-order chi connectivity index (χ0) is 18.2. The van der Waals surface area contributed by atoms with E-state index < -0.39 is 25.1 Å². The fourth-order valence-electron chi connectivity index (χ4n) is 1.79. The van der Waals surface area contributed by atoms with Gasteiger partial charge in [-0.15, -0.1) is 11.3 Å². The monoisotopic (exact) mass is 358 g/mol. The van der Waals surface area contributed by atoms with Crippen LogP contribution in [-0.4, -0.2) is 30.9 Å². The zero-order valence-electron chi connectivity index (χ0n) is 13.3. The molecule has 7 nitrogen and oxygen atoms in total. The van der Waals surface area contributed by atoms with Gasteiger partial charge in [0.15, 0.2) is 19.0 Å². The minimum absolute atomic E-state index is 0.116. The molecule has 25 heavy (non-hydrogen) atoms. The van der Waals surface area contributed by atoms with Crippen LogP contribution in [0, 0.1) is 11.3 Å². The number of hydrogen-bond donors (Lipinski definition) is 1. The van der Waals surface area contributed by atoms with Crippen molar-refractivity contribution in [3.63, 3.8) is 0 Å². The maximum atomic E-state index is 11.7. The summed E-state index contributed by atoms with van der Waals surface area (Å²) in [6.45, 7) is 0.548. The van der Waals surface area contributed by atoms with Crippen LogP contribution in [0.3, 0.4) is 0 Å². The van der Waals surface area contributed by atoms with Crippen LogP contribution in [0.5, 0.6) is 5.75 Å². The first-order valence-corrected chi connectivity index (χ1v) is 8.04. The summed E-state index contributed by atoms with van der Waals surface area (Å²) in [4.78, 5) is 34.6. The number of anilines is 1. The van der Waals surface area contributed by atoms with Gasteiger partial charge in [-0.2, -0.15) is 5.26 Å². The van der Waals surface area contributed by atoms with Gasteiger partial charge in [0, 0.05) is 5.56 Å². The van der Waals surface area contributed by atoms with Gasteiger partial charge in [-0.25, -0.2) is 4.79 Å². The van der Waals surface area contributed by atoms with Gasteiger partial charge in [0.05, 0.1) is 5.56 Å². The van der Waals surface area contributed by atoms with Crippen molar-refractivity contribution in [2.24, 2.45) is 0 Å². The van der Waals surface area contributed by atoms with Gasteiger partial charge >= 0.3 is 5.97 Å². The van der Waals surface area contributed by atoms with E-state index in [0.29, 0.717) is 21.9 Å². The highest BCUT2D eigenvalue weighted by atomic mass is 32.1. The standard InChI is InChI=1S/C17H14N2O5S/c1-11(20)12-3-2-4-14(7-12)23-10-16(22)24-9-15(21)19-17-13(8-18)5-6-25-17/h2-7H,9-10H2,1H3,(H,19,21). The van der Waals surface area contributed by atoms with Crippen LogP contribution in [0.25, 0.3) is 0 Å². The zero-order valence-corrected chi connectivity index (χ0v) is 14.1. The van der Waals surface area contributed by atoms with Crippen molar-refractivity contribution in [3.05, 3.63) is 46.8 Å². The average Bonchev–Trinajstić information content (AvgIpc) is 3.05. The summed E-state index contributed by atoms with van der Waals surface area (Å²) in [6.07, 6.45) is 0. The molecule has 0 aliphatic rings. The number of ether oxygens (including phenoxy) is 2. The van der Waals surface area contributed by atoms with E-state index in [-0.39, 0.29) is 5.78 Å². The number of nitrogens with one attached hydrogen (secondary N) is 1. The quantitative estimate of drug-likeness (QED) is 0.602. The molecule has 0 saturated carbocycles. The minimum Gasteiger partial charge on any atom is -0.482 e. The summed E-state index contributed by atoms with van der Waals surface area (Å²) >= 11 is 1.20. The molecule has 1 aromatic heterocycles. The molecule has 0 fully saturated rings. The second kappa shape index (κ2) is 8.61. The highest BCUT2D eigenvalue weighted by molar-refractivity contribution is 7.14. The van der Waals surface area contributed by atoms with Crippen LogP contribution in [0.4, 0.5) is 5.00 Å². The summed E-state index contributed by atoms with van der Waals surface area (Å²) in [6, 6.07) is 9.91. The number of thiophene rings is 1. The Morgan fingerprint density at radius 1 is 1.24 bits per heavy atom. The number of Topliss-reactive ketones (excluding diaryl/α,β-unsaturated/α-hetero) is 1. The Bertz CT molecular complexity index is 838. The summed E-state index contributed by atoms with van der Waals surface area (Å²) in [7, 11) is 0. The molecule has 0 radical (unpaired) electrons. The molecule has 2 aromatic rings. The number of benzene rings is 1. The van der Waals surface area contributed by atoms with Crippen LogP contribution in [0.2, 0.25) is 0 Å². The fraction of sp³-hybridized carbons (Fsp3) is 0.176. The predicted octanol–water partition coefficient (Wildman–Crippen LogP) is 2.38. The lowest BCUT2D eigenvalue weighted by atomic mass is 10.1. The molecular weight excluding hydrogens is 344 g/mol. The van der Waals surface area contributed by atoms with Crippen molar-refractivity contribution in [2.45, 2.75) is 6.92 Å². The van der Waals surface area contributed by atoms with Crippen molar-refractivity contribution in [1.82, 2.24) is 0 Å². The summed E-state index contributed by atoms with van der Waals surface area (Å²) < 4.78 is 10.0. The number of nitrogens with zero attached hydrogens (tertiary/aromatic N) is 1. The van der Waals surface area contributed by atoms with E-state index in [9.17, 15) is 14.4 Å². The number of esters is 1. The third kappa shape index (κ3) is 5.44. The average molecular weight is 358 g/mol. The van der Waals surface area contributed by atoms with Crippen molar-refractivity contribution in [2.75, 3.05) is 18.5 Å². The third-order valence-corrected chi connectivity index (χ3v) is 3.83. The predicted molar refractivity (Wildman–Crippen MR) is 90.6 cm³/mol. The second-order valence-electron chi connectivity index (χ2n) is 4.86. The van der Waals surface area contributed by atoms with Gasteiger partial charge in [-0.1, -0.05) is 12.1 Å². The largest absolute Gasteiger partial charge is 0.482 e. The minimum atomic E-state index is -0.727. The summed E-state index contributed by atoms with van der Waals surface area (Å²) in [5, 5.41) is 13.4. The first-order chi connectivity index (χ1) is 12.0. The molecule has 1 aromatic carbocycles. The van der Waals surface area contributed by atoms with E-state index >= 15 is 0 Å². The third-order valence-electron chi connectivity index (χ3n) is 3.00. The summed E-state index contributed by atoms with van der Waals surface area (Å²) in [5.41, 5.74) is 0.813. The number of ketones is 1. The second-order valence-corrected chi connectivity index (χ2v) is 5.77. The first-order valence-electron chi connectivity index (χ1n) is 7.16. The summed E-state index contributed by atoms with van der Waals surface area (Å²) in [5.74, 6) is -1.04. The molecule has 0 atom stereocenters. The van der Waals surface area contributed by atoms with Gasteiger partial charge in [0.1, 0.15) is 16.8 Å². The number of rotatable bonds is 7. The van der Waals surface area contributed by atoms with E-state index in [1.54, 1.807) is 29.6 Å². The van der Waals surface area contributed by atoms with E-state index in [2.05, 4.69) is 5.32 Å². The first kappa shape index (κ1) is 18.2. The molecule has 0 saturated heterocycles. The lowest BCUT2D eigenvalue weighted by Crippen LogP contribution is -2.23. The Hall–Kier alpha value is -3.18. The smallest absolute Gasteiger partial charge is 0.344 e. The molecule has 0 unspecified atom stereocenters. The van der Waals surface area contributed by atoms with Crippen molar-refractivity contribution in [3.8, 4) is 11.8 Å². The maximum absolute atomic E-state index is 11.7. The SMILES string of the molecule is CC(=O)c1cccc(OCC(=O)OCC(=O)Nc2sccc2C#N)c1. The van der Waals surface area contributed by atoms with E-state index in [1.165, 1.54) is 24.3 Å². The van der Waals surface area contributed by atoms with Crippen LogP contribution in [0.1, 0.15) is 22.8 Å². The highest BCUT2D eigenvalue weighted by Gasteiger charge is 2.12. The number of carbonyl (C=O) groups is 3.